The van der Waals surface area contributed by atoms with Gasteiger partial charge in [-0.1, -0.05) is 23.2 Å². The molecule has 0 spiro atoms. The van der Waals surface area contributed by atoms with Gasteiger partial charge >= 0.3 is 5.97 Å². The van der Waals surface area contributed by atoms with Crippen molar-refractivity contribution in [2.24, 2.45) is 0 Å². The topological polar surface area (TPSA) is 52.1 Å². The summed E-state index contributed by atoms with van der Waals surface area (Å²) >= 11 is 17.0. The third kappa shape index (κ3) is 3.34. The van der Waals surface area contributed by atoms with Crippen molar-refractivity contribution in [3.63, 3.8) is 0 Å². The highest BCUT2D eigenvalue weighted by atomic mass is 35.5. The van der Waals surface area contributed by atoms with E-state index >= 15 is 0 Å². The maximum absolute atomic E-state index is 10.8. The van der Waals surface area contributed by atoms with E-state index in [0.717, 1.165) is 6.08 Å². The molecule has 0 aliphatic heterocycles. The van der Waals surface area contributed by atoms with Crippen LogP contribution in [0.25, 0.3) is 6.08 Å². The number of aromatic nitrogens is 2. The first kappa shape index (κ1) is 12.2. The average molecular weight is 267 g/mol. The molecule has 0 N–H and O–H groups in total. The number of carbonyl (C=O) groups excluding carboxylic acids is 1. The second-order valence-corrected chi connectivity index (χ2v) is 3.40. The molecule has 80 valence electrons. The Morgan fingerprint density at radius 1 is 1.27 bits per heavy atom. The highest BCUT2D eigenvalue weighted by Gasteiger charge is 2.08. The molecule has 0 atom stereocenters. The van der Waals surface area contributed by atoms with E-state index in [9.17, 15) is 4.79 Å². The summed E-state index contributed by atoms with van der Waals surface area (Å²) in [5.41, 5.74) is 0.313. The Balaban J connectivity index is 3.05. The third-order valence-electron chi connectivity index (χ3n) is 1.41. The standard InChI is InChI=1S/C8H5Cl3N2O2/c1-15-5(14)3-2-4-6(9)12-8(11)13-7(4)10/h2-3H,1H3. The SMILES string of the molecule is COC(=O)C=Cc1c(Cl)nc(Cl)nc1Cl. The molecule has 0 radical (unpaired) electrons. The molecule has 1 heterocycles. The van der Waals surface area contributed by atoms with E-state index in [4.69, 9.17) is 34.8 Å². The fourth-order valence-electron chi connectivity index (χ4n) is 0.750. The molecule has 0 aliphatic carbocycles. The normalized spacial score (nSPS) is 10.7. The van der Waals surface area contributed by atoms with Crippen LogP contribution < -0.4 is 0 Å². The zero-order chi connectivity index (χ0) is 11.4. The molecule has 1 aromatic heterocycles. The molecule has 0 aromatic carbocycles. The first-order valence-corrected chi connectivity index (χ1v) is 4.82. The van der Waals surface area contributed by atoms with Crippen molar-refractivity contribution < 1.29 is 9.53 Å². The molecule has 0 amide bonds. The van der Waals surface area contributed by atoms with Gasteiger partial charge in [0.2, 0.25) is 5.28 Å². The van der Waals surface area contributed by atoms with Crippen LogP contribution in [0.1, 0.15) is 5.56 Å². The molecule has 0 bridgehead atoms. The van der Waals surface area contributed by atoms with Crippen LogP contribution in [0.2, 0.25) is 15.6 Å². The summed E-state index contributed by atoms with van der Waals surface area (Å²) in [5.74, 6) is -0.530. The molecule has 1 aromatic rings. The monoisotopic (exact) mass is 266 g/mol. The number of ether oxygens (including phenoxy) is 1. The first-order valence-electron chi connectivity index (χ1n) is 3.69. The van der Waals surface area contributed by atoms with Crippen molar-refractivity contribution in [1.29, 1.82) is 0 Å². The molecule has 1 rings (SSSR count). The second kappa shape index (κ2) is 5.30. The van der Waals surface area contributed by atoms with E-state index < -0.39 is 5.97 Å². The van der Waals surface area contributed by atoms with Crippen LogP contribution in [0, 0.1) is 0 Å². The van der Waals surface area contributed by atoms with Crippen LogP contribution in [0.3, 0.4) is 0 Å². The van der Waals surface area contributed by atoms with Gasteiger partial charge in [-0.05, 0) is 17.7 Å². The predicted molar refractivity (Wildman–Crippen MR) is 58.1 cm³/mol. The Morgan fingerprint density at radius 2 is 1.80 bits per heavy atom. The van der Waals surface area contributed by atoms with E-state index in [-0.39, 0.29) is 15.6 Å². The fourth-order valence-corrected chi connectivity index (χ4v) is 1.52. The van der Waals surface area contributed by atoms with Gasteiger partial charge in [-0.3, -0.25) is 0 Å². The number of methoxy groups -OCH3 is 1. The van der Waals surface area contributed by atoms with Gasteiger partial charge in [0.25, 0.3) is 0 Å². The minimum Gasteiger partial charge on any atom is -0.466 e. The summed E-state index contributed by atoms with van der Waals surface area (Å²) in [6, 6.07) is 0. The van der Waals surface area contributed by atoms with Crippen molar-refractivity contribution in [3.05, 3.63) is 27.2 Å². The van der Waals surface area contributed by atoms with E-state index in [0.29, 0.717) is 5.56 Å². The summed E-state index contributed by atoms with van der Waals surface area (Å²) in [4.78, 5) is 18.2. The lowest BCUT2D eigenvalue weighted by Crippen LogP contribution is -1.95. The number of hydrogen-bond acceptors (Lipinski definition) is 4. The number of carbonyl (C=O) groups is 1. The molecule has 0 aliphatic rings. The van der Waals surface area contributed by atoms with Gasteiger partial charge in [-0.15, -0.1) is 0 Å². The lowest BCUT2D eigenvalue weighted by atomic mass is 10.3. The third-order valence-corrected chi connectivity index (χ3v) is 2.16. The van der Waals surface area contributed by atoms with Gasteiger partial charge in [-0.2, -0.15) is 0 Å². The molecule has 4 nitrogen and oxygen atoms in total. The molecule has 0 fully saturated rings. The molecule has 15 heavy (non-hydrogen) atoms. The zero-order valence-corrected chi connectivity index (χ0v) is 9.77. The van der Waals surface area contributed by atoms with Crippen LogP contribution in [0.5, 0.6) is 0 Å². The van der Waals surface area contributed by atoms with Crippen molar-refractivity contribution in [2.75, 3.05) is 7.11 Å². The maximum Gasteiger partial charge on any atom is 0.330 e. The summed E-state index contributed by atoms with van der Waals surface area (Å²) in [6.07, 6.45) is 2.51. The van der Waals surface area contributed by atoms with E-state index in [1.807, 2.05) is 0 Å². The molecule has 0 saturated carbocycles. The molecule has 0 saturated heterocycles. The second-order valence-electron chi connectivity index (χ2n) is 2.34. The van der Waals surface area contributed by atoms with Crippen LogP contribution in [0.4, 0.5) is 0 Å². The first-order chi connectivity index (χ1) is 7.04. The minimum atomic E-state index is -0.530. The van der Waals surface area contributed by atoms with Crippen LogP contribution >= 0.6 is 34.8 Å². The Hall–Kier alpha value is -0.840. The number of esters is 1. The summed E-state index contributed by atoms with van der Waals surface area (Å²) in [6.45, 7) is 0. The fraction of sp³-hybridized carbons (Fsp3) is 0.125. The molecular formula is C8H5Cl3N2O2. The quantitative estimate of drug-likeness (QED) is 0.358. The van der Waals surface area contributed by atoms with Crippen molar-refractivity contribution in [1.82, 2.24) is 9.97 Å². The predicted octanol–water partition coefficient (Wildman–Crippen LogP) is 2.62. The molecule has 7 heteroatoms. The molecular weight excluding hydrogens is 262 g/mol. The highest BCUT2D eigenvalue weighted by molar-refractivity contribution is 6.37. The van der Waals surface area contributed by atoms with Crippen molar-refractivity contribution in [2.45, 2.75) is 0 Å². The Kier molecular flexibility index (Phi) is 4.32. The lowest BCUT2D eigenvalue weighted by molar-refractivity contribution is -0.134. The van der Waals surface area contributed by atoms with Gasteiger partial charge in [0.1, 0.15) is 10.3 Å². The average Bonchev–Trinajstić information content (AvgIpc) is 2.15. The van der Waals surface area contributed by atoms with Gasteiger partial charge in [0, 0.05) is 11.6 Å². The Bertz CT molecular complexity index is 397. The molecule has 0 unspecified atom stereocenters. The smallest absolute Gasteiger partial charge is 0.330 e. The lowest BCUT2D eigenvalue weighted by Gasteiger charge is -2.00. The summed E-state index contributed by atoms with van der Waals surface area (Å²) < 4.78 is 4.40. The number of rotatable bonds is 2. The van der Waals surface area contributed by atoms with Crippen LogP contribution in [0.15, 0.2) is 6.08 Å². The van der Waals surface area contributed by atoms with Gasteiger partial charge in [-0.25, -0.2) is 14.8 Å². The van der Waals surface area contributed by atoms with Crippen LogP contribution in [-0.4, -0.2) is 23.0 Å². The maximum atomic E-state index is 10.8. The van der Waals surface area contributed by atoms with E-state index in [1.165, 1.54) is 13.2 Å². The van der Waals surface area contributed by atoms with Gasteiger partial charge in [0.15, 0.2) is 0 Å². The van der Waals surface area contributed by atoms with Gasteiger partial charge in [0.05, 0.1) is 7.11 Å². The largest absolute Gasteiger partial charge is 0.466 e. The highest BCUT2D eigenvalue weighted by Crippen LogP contribution is 2.23. The van der Waals surface area contributed by atoms with E-state index in [2.05, 4.69) is 14.7 Å². The number of halogens is 3. The Labute approximate surface area is 101 Å². The van der Waals surface area contributed by atoms with Crippen LogP contribution in [-0.2, 0) is 9.53 Å². The van der Waals surface area contributed by atoms with E-state index in [1.54, 1.807) is 0 Å². The number of hydrogen-bond donors (Lipinski definition) is 0. The summed E-state index contributed by atoms with van der Waals surface area (Å²) in [5, 5.41) is 0.0838. The minimum absolute atomic E-state index is 0.0554. The Morgan fingerprint density at radius 3 is 2.27 bits per heavy atom. The zero-order valence-electron chi connectivity index (χ0n) is 7.50. The van der Waals surface area contributed by atoms with Gasteiger partial charge < -0.3 is 4.74 Å². The number of nitrogens with zero attached hydrogens (tertiary/aromatic N) is 2. The van der Waals surface area contributed by atoms with Crippen molar-refractivity contribution >= 4 is 46.8 Å². The summed E-state index contributed by atoms with van der Waals surface area (Å²) in [7, 11) is 1.26. The van der Waals surface area contributed by atoms with Crippen molar-refractivity contribution in [3.8, 4) is 0 Å².